The first-order valence-corrected chi connectivity index (χ1v) is 9.59. The molecule has 150 valence electrons. The summed E-state index contributed by atoms with van der Waals surface area (Å²) in [5.41, 5.74) is 3.07. The third-order valence-electron chi connectivity index (χ3n) is 4.73. The maximum absolute atomic E-state index is 14.5. The van der Waals surface area contributed by atoms with Crippen LogP contribution in [0.3, 0.4) is 0 Å². The number of rotatable bonds is 6. The summed E-state index contributed by atoms with van der Waals surface area (Å²) in [6, 6.07) is 10.7. The van der Waals surface area contributed by atoms with Crippen LogP contribution < -0.4 is 15.0 Å². The van der Waals surface area contributed by atoms with Crippen LogP contribution in [-0.2, 0) is 9.53 Å². The normalized spacial score (nSPS) is 14.2. The van der Waals surface area contributed by atoms with Gasteiger partial charge in [-0.15, -0.1) is 0 Å². The first-order chi connectivity index (χ1) is 13.4. The van der Waals surface area contributed by atoms with Crippen LogP contribution in [0.25, 0.3) is 0 Å². The summed E-state index contributed by atoms with van der Waals surface area (Å²) in [6.45, 7) is 8.51. The summed E-state index contributed by atoms with van der Waals surface area (Å²) in [5, 5.41) is 2.70. The minimum atomic E-state index is -0.360. The highest BCUT2D eigenvalue weighted by atomic mass is 19.1. The SMILES string of the molecule is Cc1ccc(C(C)C)c(OCC(=O)Nc2ccc(N3CCOCC3)c(F)c2)c1. The third-order valence-corrected chi connectivity index (χ3v) is 4.73. The second kappa shape index (κ2) is 9.06. The molecule has 1 aliphatic rings. The van der Waals surface area contributed by atoms with Crippen molar-refractivity contribution in [2.45, 2.75) is 26.7 Å². The molecule has 0 radical (unpaired) electrons. The van der Waals surface area contributed by atoms with Crippen LogP contribution in [0, 0.1) is 12.7 Å². The maximum Gasteiger partial charge on any atom is 0.262 e. The molecule has 5 nitrogen and oxygen atoms in total. The molecule has 1 heterocycles. The molecule has 2 aromatic carbocycles. The van der Waals surface area contributed by atoms with E-state index in [4.69, 9.17) is 9.47 Å². The van der Waals surface area contributed by atoms with Gasteiger partial charge in [0.1, 0.15) is 11.6 Å². The van der Waals surface area contributed by atoms with Crippen molar-refractivity contribution < 1.29 is 18.7 Å². The maximum atomic E-state index is 14.5. The zero-order valence-electron chi connectivity index (χ0n) is 16.6. The van der Waals surface area contributed by atoms with Gasteiger partial charge in [-0.2, -0.15) is 0 Å². The standard InChI is InChI=1S/C22H27FN2O3/c1-15(2)18-6-4-16(3)12-21(18)28-14-22(26)24-17-5-7-20(19(23)13-17)25-8-10-27-11-9-25/h4-7,12-13,15H,8-11,14H2,1-3H3,(H,24,26). The Hall–Kier alpha value is -2.60. The van der Waals surface area contributed by atoms with E-state index in [0.717, 1.165) is 11.1 Å². The van der Waals surface area contributed by atoms with E-state index >= 15 is 0 Å². The Bertz CT molecular complexity index is 833. The van der Waals surface area contributed by atoms with Gasteiger partial charge in [-0.05, 0) is 48.2 Å². The Morgan fingerprint density at radius 3 is 2.64 bits per heavy atom. The number of nitrogens with zero attached hydrogens (tertiary/aromatic N) is 1. The second-order valence-electron chi connectivity index (χ2n) is 7.30. The van der Waals surface area contributed by atoms with E-state index in [-0.39, 0.29) is 18.3 Å². The fourth-order valence-electron chi connectivity index (χ4n) is 3.23. The first kappa shape index (κ1) is 20.1. The zero-order valence-corrected chi connectivity index (χ0v) is 16.6. The molecule has 0 saturated carbocycles. The highest BCUT2D eigenvalue weighted by Crippen LogP contribution is 2.28. The fourth-order valence-corrected chi connectivity index (χ4v) is 3.23. The Kier molecular flexibility index (Phi) is 6.52. The molecule has 3 rings (SSSR count). The van der Waals surface area contributed by atoms with Crippen LogP contribution in [0.2, 0.25) is 0 Å². The van der Waals surface area contributed by atoms with Crippen LogP contribution in [-0.4, -0.2) is 38.8 Å². The van der Waals surface area contributed by atoms with E-state index in [1.807, 2.05) is 30.0 Å². The number of hydrogen-bond donors (Lipinski definition) is 1. The van der Waals surface area contributed by atoms with Crippen molar-refractivity contribution in [1.82, 2.24) is 0 Å². The number of aryl methyl sites for hydroxylation is 1. The number of morpholine rings is 1. The van der Waals surface area contributed by atoms with Gasteiger partial charge in [-0.1, -0.05) is 26.0 Å². The molecule has 0 spiro atoms. The first-order valence-electron chi connectivity index (χ1n) is 9.59. The van der Waals surface area contributed by atoms with E-state index in [9.17, 15) is 9.18 Å². The number of nitrogens with one attached hydrogen (secondary N) is 1. The van der Waals surface area contributed by atoms with Gasteiger partial charge in [-0.25, -0.2) is 4.39 Å². The zero-order chi connectivity index (χ0) is 20.1. The molecule has 0 atom stereocenters. The number of hydrogen-bond acceptors (Lipinski definition) is 4. The molecule has 1 aliphatic heterocycles. The van der Waals surface area contributed by atoms with Crippen molar-refractivity contribution in [3.05, 3.63) is 53.3 Å². The van der Waals surface area contributed by atoms with Crippen LogP contribution in [0.1, 0.15) is 30.9 Å². The highest BCUT2D eigenvalue weighted by Gasteiger charge is 2.16. The summed E-state index contributed by atoms with van der Waals surface area (Å²) in [7, 11) is 0. The lowest BCUT2D eigenvalue weighted by molar-refractivity contribution is -0.118. The fraction of sp³-hybridized carbons (Fsp3) is 0.409. The number of amides is 1. The Morgan fingerprint density at radius 1 is 1.21 bits per heavy atom. The molecule has 0 aliphatic carbocycles. The summed E-state index contributed by atoms with van der Waals surface area (Å²) in [4.78, 5) is 14.2. The van der Waals surface area contributed by atoms with E-state index in [2.05, 4.69) is 19.2 Å². The highest BCUT2D eigenvalue weighted by molar-refractivity contribution is 5.92. The van der Waals surface area contributed by atoms with Gasteiger partial charge in [0.05, 0.1) is 18.9 Å². The number of ether oxygens (including phenoxy) is 2. The van der Waals surface area contributed by atoms with Crippen molar-refractivity contribution in [3.8, 4) is 5.75 Å². The Labute approximate surface area is 165 Å². The summed E-state index contributed by atoms with van der Waals surface area (Å²) in [5.74, 6) is 0.315. The molecule has 0 aromatic heterocycles. The molecule has 1 N–H and O–H groups in total. The van der Waals surface area contributed by atoms with Gasteiger partial charge in [0, 0.05) is 18.8 Å². The third kappa shape index (κ3) is 5.01. The monoisotopic (exact) mass is 386 g/mol. The number of anilines is 2. The van der Waals surface area contributed by atoms with E-state index < -0.39 is 0 Å². The minimum absolute atomic E-state index is 0.129. The lowest BCUT2D eigenvalue weighted by Crippen LogP contribution is -2.36. The summed E-state index contributed by atoms with van der Waals surface area (Å²) in [6.07, 6.45) is 0. The van der Waals surface area contributed by atoms with E-state index in [1.165, 1.54) is 6.07 Å². The lowest BCUT2D eigenvalue weighted by atomic mass is 10.0. The van der Waals surface area contributed by atoms with Crippen molar-refractivity contribution in [1.29, 1.82) is 0 Å². The topological polar surface area (TPSA) is 50.8 Å². The summed E-state index contributed by atoms with van der Waals surface area (Å²) >= 11 is 0. The van der Waals surface area contributed by atoms with E-state index in [0.29, 0.717) is 49.3 Å². The number of halogens is 1. The van der Waals surface area contributed by atoms with Gasteiger partial charge in [0.2, 0.25) is 0 Å². The van der Waals surface area contributed by atoms with Crippen molar-refractivity contribution in [2.75, 3.05) is 43.1 Å². The Morgan fingerprint density at radius 2 is 1.96 bits per heavy atom. The van der Waals surface area contributed by atoms with E-state index in [1.54, 1.807) is 12.1 Å². The quantitative estimate of drug-likeness (QED) is 0.812. The van der Waals surface area contributed by atoms with Crippen LogP contribution >= 0.6 is 0 Å². The molecular formula is C22H27FN2O3. The Balaban J connectivity index is 1.61. The molecule has 1 saturated heterocycles. The molecule has 6 heteroatoms. The summed E-state index contributed by atoms with van der Waals surface area (Å²) < 4.78 is 25.5. The minimum Gasteiger partial charge on any atom is -0.483 e. The average molecular weight is 386 g/mol. The molecule has 0 bridgehead atoms. The number of carbonyl (C=O) groups is 1. The predicted octanol–water partition coefficient (Wildman–Crippen LogP) is 4.11. The second-order valence-corrected chi connectivity index (χ2v) is 7.30. The molecular weight excluding hydrogens is 359 g/mol. The van der Waals surface area contributed by atoms with Crippen molar-refractivity contribution >= 4 is 17.3 Å². The van der Waals surface area contributed by atoms with Gasteiger partial charge < -0.3 is 19.7 Å². The van der Waals surface area contributed by atoms with Gasteiger partial charge in [0.25, 0.3) is 5.91 Å². The van der Waals surface area contributed by atoms with Crippen LogP contribution in [0.15, 0.2) is 36.4 Å². The van der Waals surface area contributed by atoms with Gasteiger partial charge in [0.15, 0.2) is 6.61 Å². The lowest BCUT2D eigenvalue weighted by Gasteiger charge is -2.29. The largest absolute Gasteiger partial charge is 0.483 e. The number of carbonyl (C=O) groups excluding carboxylic acids is 1. The van der Waals surface area contributed by atoms with Crippen LogP contribution in [0.5, 0.6) is 5.75 Å². The molecule has 1 amide bonds. The molecule has 2 aromatic rings. The van der Waals surface area contributed by atoms with Crippen LogP contribution in [0.4, 0.5) is 15.8 Å². The molecule has 1 fully saturated rings. The predicted molar refractivity (Wildman–Crippen MR) is 109 cm³/mol. The average Bonchev–Trinajstić information content (AvgIpc) is 2.67. The van der Waals surface area contributed by atoms with Gasteiger partial charge in [-0.3, -0.25) is 4.79 Å². The molecule has 0 unspecified atom stereocenters. The smallest absolute Gasteiger partial charge is 0.262 e. The van der Waals surface area contributed by atoms with Crippen molar-refractivity contribution in [3.63, 3.8) is 0 Å². The molecule has 28 heavy (non-hydrogen) atoms. The number of benzene rings is 2. The van der Waals surface area contributed by atoms with Gasteiger partial charge >= 0.3 is 0 Å². The van der Waals surface area contributed by atoms with Crippen molar-refractivity contribution in [2.24, 2.45) is 0 Å².